The highest BCUT2D eigenvalue weighted by Gasteiger charge is 1.95. The molecule has 0 unspecified atom stereocenters. The van der Waals surface area contributed by atoms with E-state index in [0.717, 1.165) is 25.7 Å². The van der Waals surface area contributed by atoms with E-state index in [-0.39, 0.29) is 0 Å². The monoisotopic (exact) mass is 366 g/mol. The molecule has 0 saturated carbocycles. The van der Waals surface area contributed by atoms with E-state index in [4.69, 9.17) is 5.11 Å². The molecule has 1 N–H and O–H groups in total. The summed E-state index contributed by atoms with van der Waals surface area (Å²) in [5.41, 5.74) is 0. The highest BCUT2D eigenvalue weighted by atomic mass is 16.4. The first-order valence-electron chi connectivity index (χ1n) is 11.2. The third-order valence-electron chi connectivity index (χ3n) is 4.30. The Morgan fingerprint density at radius 3 is 1.54 bits per heavy atom. The highest BCUT2D eigenvalue weighted by Crippen LogP contribution is 2.08. The first-order valence-corrected chi connectivity index (χ1v) is 11.2. The summed E-state index contributed by atoms with van der Waals surface area (Å²) in [6.07, 6.45) is 27.8. The van der Waals surface area contributed by atoms with Crippen molar-refractivity contribution in [1.29, 1.82) is 0 Å². The Morgan fingerprint density at radius 2 is 1.04 bits per heavy atom. The van der Waals surface area contributed by atoms with Gasteiger partial charge >= 0.3 is 5.97 Å². The highest BCUT2D eigenvalue weighted by molar-refractivity contribution is 5.66. The lowest BCUT2D eigenvalue weighted by Gasteiger charge is -1.98. The van der Waals surface area contributed by atoms with Crippen LogP contribution in [-0.2, 0) is 4.79 Å². The summed E-state index contributed by atoms with van der Waals surface area (Å²) in [4.78, 5) is 10.3. The zero-order chi connectivity index (χ0) is 19.7. The summed E-state index contributed by atoms with van der Waals surface area (Å²) in [5, 5.41) is 8.50. The van der Waals surface area contributed by atoms with Crippen LogP contribution in [0.2, 0.25) is 0 Å². The Morgan fingerprint density at radius 1 is 0.615 bits per heavy atom. The van der Waals surface area contributed by atoms with E-state index in [0.29, 0.717) is 6.42 Å². The lowest BCUT2D eigenvalue weighted by atomic mass is 10.1. The number of carboxylic acid groups (broad SMARTS) is 1. The molecular formula is C24H46O2. The minimum absolute atomic E-state index is 0.324. The number of aliphatic carboxylic acids is 1. The van der Waals surface area contributed by atoms with Gasteiger partial charge in [-0.15, -0.1) is 0 Å². The van der Waals surface area contributed by atoms with Crippen LogP contribution in [0, 0.1) is 0 Å². The molecule has 0 aliphatic carbocycles. The van der Waals surface area contributed by atoms with Crippen molar-refractivity contribution in [3.05, 3.63) is 24.3 Å². The van der Waals surface area contributed by atoms with Crippen molar-refractivity contribution < 1.29 is 9.90 Å². The van der Waals surface area contributed by atoms with E-state index in [1.165, 1.54) is 70.6 Å². The Hall–Kier alpha value is -1.05. The average molecular weight is 367 g/mol. The molecular weight excluding hydrogens is 320 g/mol. The van der Waals surface area contributed by atoms with E-state index in [9.17, 15) is 4.79 Å². The molecule has 0 aromatic carbocycles. The Balaban J connectivity index is 0. The van der Waals surface area contributed by atoms with Crippen LogP contribution >= 0.6 is 0 Å². The van der Waals surface area contributed by atoms with Crippen LogP contribution < -0.4 is 0 Å². The van der Waals surface area contributed by atoms with Crippen molar-refractivity contribution in [2.24, 2.45) is 0 Å². The van der Waals surface area contributed by atoms with E-state index >= 15 is 0 Å². The van der Waals surface area contributed by atoms with Crippen LogP contribution in [0.4, 0.5) is 0 Å². The normalized spacial score (nSPS) is 11.0. The van der Waals surface area contributed by atoms with Crippen LogP contribution in [0.25, 0.3) is 0 Å². The van der Waals surface area contributed by atoms with Crippen LogP contribution in [0.3, 0.4) is 0 Å². The van der Waals surface area contributed by atoms with Crippen molar-refractivity contribution >= 4 is 5.97 Å². The number of carbonyl (C=O) groups is 1. The van der Waals surface area contributed by atoms with Gasteiger partial charge in [0.25, 0.3) is 0 Å². The first kappa shape index (κ1) is 27.2. The zero-order valence-corrected chi connectivity index (χ0v) is 18.0. The number of hydrogen-bond acceptors (Lipinski definition) is 1. The molecule has 2 nitrogen and oxygen atoms in total. The maximum atomic E-state index is 10.3. The lowest BCUT2D eigenvalue weighted by Crippen LogP contribution is -1.93. The fourth-order valence-corrected chi connectivity index (χ4v) is 2.59. The summed E-state index contributed by atoms with van der Waals surface area (Å²) in [5.74, 6) is -0.671. The average Bonchev–Trinajstić information content (AvgIpc) is 2.63. The standard InChI is InChI=1S/C18H32O2.C6H14/c1-2-3-4-5-6-7-8-9-10-11-12-13-14-15-16-17-18(19)20;1-3-5-6-4-2/h6-7,9-10H,2-5,8,11-17H2,1H3,(H,19,20);3-6H2,1-2H3/b7-6-,10-9-;. The van der Waals surface area contributed by atoms with Gasteiger partial charge in [-0.3, -0.25) is 4.79 Å². The molecule has 0 radical (unpaired) electrons. The predicted molar refractivity (Wildman–Crippen MR) is 117 cm³/mol. The minimum atomic E-state index is -0.671. The fraction of sp³-hybridized carbons (Fsp3) is 0.792. The van der Waals surface area contributed by atoms with Crippen LogP contribution in [0.5, 0.6) is 0 Å². The molecule has 0 aliphatic heterocycles. The number of unbranched alkanes of at least 4 members (excludes halogenated alkanes) is 11. The van der Waals surface area contributed by atoms with Gasteiger partial charge in [-0.05, 0) is 38.5 Å². The molecule has 2 heteroatoms. The fourth-order valence-electron chi connectivity index (χ4n) is 2.59. The predicted octanol–water partition coefficient (Wildman–Crippen LogP) is 8.47. The van der Waals surface area contributed by atoms with Gasteiger partial charge in [0.2, 0.25) is 0 Å². The number of rotatable bonds is 17. The van der Waals surface area contributed by atoms with Gasteiger partial charge in [-0.25, -0.2) is 0 Å². The maximum absolute atomic E-state index is 10.3. The number of carboxylic acids is 1. The third-order valence-corrected chi connectivity index (χ3v) is 4.30. The first-order chi connectivity index (χ1) is 12.7. The van der Waals surface area contributed by atoms with Gasteiger partial charge in [-0.1, -0.05) is 103 Å². The molecule has 0 spiro atoms. The molecule has 0 fully saturated rings. The molecule has 154 valence electrons. The van der Waals surface area contributed by atoms with Crippen molar-refractivity contribution in [2.45, 2.75) is 124 Å². The van der Waals surface area contributed by atoms with E-state index in [2.05, 4.69) is 45.1 Å². The van der Waals surface area contributed by atoms with E-state index < -0.39 is 5.97 Å². The SMILES string of the molecule is CCCCC/C=C\C/C=C\CCCCCCCC(=O)O.CCCCCC. The Labute approximate surface area is 164 Å². The molecule has 0 amide bonds. The largest absolute Gasteiger partial charge is 0.481 e. The molecule has 0 rings (SSSR count). The van der Waals surface area contributed by atoms with Gasteiger partial charge in [0.05, 0.1) is 0 Å². The van der Waals surface area contributed by atoms with Gasteiger partial charge < -0.3 is 5.11 Å². The number of allylic oxidation sites excluding steroid dienone is 4. The topological polar surface area (TPSA) is 37.3 Å². The van der Waals surface area contributed by atoms with Crippen molar-refractivity contribution in [2.75, 3.05) is 0 Å². The second-order valence-electron chi connectivity index (χ2n) is 7.08. The summed E-state index contributed by atoms with van der Waals surface area (Å²) >= 11 is 0. The summed E-state index contributed by atoms with van der Waals surface area (Å²) in [6.45, 7) is 6.70. The second kappa shape index (κ2) is 26.2. The second-order valence-corrected chi connectivity index (χ2v) is 7.08. The third kappa shape index (κ3) is 30.8. The van der Waals surface area contributed by atoms with Crippen LogP contribution in [-0.4, -0.2) is 11.1 Å². The molecule has 0 atom stereocenters. The van der Waals surface area contributed by atoms with Crippen molar-refractivity contribution in [3.8, 4) is 0 Å². The van der Waals surface area contributed by atoms with Gasteiger partial charge in [-0.2, -0.15) is 0 Å². The zero-order valence-electron chi connectivity index (χ0n) is 18.0. The molecule has 0 aliphatic rings. The van der Waals surface area contributed by atoms with Gasteiger partial charge in [0.1, 0.15) is 0 Å². The minimum Gasteiger partial charge on any atom is -0.481 e. The molecule has 0 aromatic rings. The summed E-state index contributed by atoms with van der Waals surface area (Å²) < 4.78 is 0. The van der Waals surface area contributed by atoms with Crippen molar-refractivity contribution in [3.63, 3.8) is 0 Å². The quantitative estimate of drug-likeness (QED) is 0.207. The van der Waals surface area contributed by atoms with Crippen LogP contribution in [0.15, 0.2) is 24.3 Å². The van der Waals surface area contributed by atoms with E-state index in [1.807, 2.05) is 0 Å². The smallest absolute Gasteiger partial charge is 0.303 e. The Kier molecular flexibility index (Phi) is 27.4. The molecule has 0 saturated heterocycles. The Bertz CT molecular complexity index is 314. The molecule has 0 aromatic heterocycles. The molecule has 26 heavy (non-hydrogen) atoms. The summed E-state index contributed by atoms with van der Waals surface area (Å²) in [6, 6.07) is 0. The summed E-state index contributed by atoms with van der Waals surface area (Å²) in [7, 11) is 0. The maximum Gasteiger partial charge on any atom is 0.303 e. The van der Waals surface area contributed by atoms with Gasteiger partial charge in [0, 0.05) is 6.42 Å². The molecule has 0 bridgehead atoms. The lowest BCUT2D eigenvalue weighted by molar-refractivity contribution is -0.137. The number of hydrogen-bond donors (Lipinski definition) is 1. The van der Waals surface area contributed by atoms with E-state index in [1.54, 1.807) is 0 Å². The molecule has 0 heterocycles. The van der Waals surface area contributed by atoms with Gasteiger partial charge in [0.15, 0.2) is 0 Å². The van der Waals surface area contributed by atoms with Crippen molar-refractivity contribution in [1.82, 2.24) is 0 Å². The van der Waals surface area contributed by atoms with Crippen LogP contribution in [0.1, 0.15) is 124 Å².